The Morgan fingerprint density at radius 1 is 1.19 bits per heavy atom. The second-order valence-electron chi connectivity index (χ2n) is 7.47. The second kappa shape index (κ2) is 9.23. The van der Waals surface area contributed by atoms with E-state index >= 15 is 0 Å². The number of amides is 2. The van der Waals surface area contributed by atoms with Crippen LogP contribution in [0.5, 0.6) is 0 Å². The summed E-state index contributed by atoms with van der Waals surface area (Å²) in [6.45, 7) is 3.28. The number of carbonyl (C=O) groups is 1. The molecule has 0 aliphatic carbocycles. The van der Waals surface area contributed by atoms with Crippen molar-refractivity contribution in [2.75, 3.05) is 30.3 Å². The molecule has 8 nitrogen and oxygen atoms in total. The number of piperidine rings is 1. The first-order valence-electron chi connectivity index (χ1n) is 10.3. The summed E-state index contributed by atoms with van der Waals surface area (Å²) < 4.78 is 30.8. The molecule has 31 heavy (non-hydrogen) atoms. The highest BCUT2D eigenvalue weighted by molar-refractivity contribution is 5.96. The summed E-state index contributed by atoms with van der Waals surface area (Å²) in [4.78, 5) is 27.3. The fourth-order valence-electron chi connectivity index (χ4n) is 3.54. The lowest BCUT2D eigenvalue weighted by Crippen LogP contribution is -2.38. The van der Waals surface area contributed by atoms with Gasteiger partial charge in [-0.3, -0.25) is 5.32 Å². The maximum atomic E-state index is 12.6. The molecule has 0 bridgehead atoms. The molecule has 0 aromatic carbocycles. The zero-order valence-corrected chi connectivity index (χ0v) is 17.2. The molecule has 1 aliphatic rings. The van der Waals surface area contributed by atoms with Crippen molar-refractivity contribution in [1.82, 2.24) is 19.9 Å². The monoisotopic (exact) mass is 430 g/mol. The minimum atomic E-state index is -2.40. The minimum absolute atomic E-state index is 0.0963. The van der Waals surface area contributed by atoms with Crippen molar-refractivity contribution in [3.8, 4) is 11.5 Å². The maximum absolute atomic E-state index is 12.6. The molecule has 1 saturated heterocycles. The normalized spacial score (nSPS) is 14.3. The van der Waals surface area contributed by atoms with Gasteiger partial charge in [-0.05, 0) is 25.3 Å². The van der Waals surface area contributed by atoms with Crippen LogP contribution >= 0.6 is 0 Å². The molecule has 2 amide bonds. The van der Waals surface area contributed by atoms with E-state index in [0.717, 1.165) is 32.4 Å². The zero-order valence-electron chi connectivity index (χ0n) is 17.2. The first kappa shape index (κ1) is 21.0. The first-order valence-corrected chi connectivity index (χ1v) is 10.3. The van der Waals surface area contributed by atoms with Gasteiger partial charge in [-0.25, -0.2) is 28.5 Å². The van der Waals surface area contributed by atoms with E-state index in [2.05, 4.69) is 25.6 Å². The van der Waals surface area contributed by atoms with Crippen molar-refractivity contribution in [2.24, 2.45) is 0 Å². The SMILES string of the molecule is Cc1ncc(-c2cc(NCCC(F)F)c3cnc(NC(=O)N4CCCCC4)cc3n2)o1. The number of fused-ring (bicyclic) bond motifs is 1. The first-order chi connectivity index (χ1) is 15.0. The number of rotatable bonds is 6. The molecule has 3 aromatic heterocycles. The van der Waals surface area contributed by atoms with Crippen LogP contribution in [0.3, 0.4) is 0 Å². The van der Waals surface area contributed by atoms with Crippen LogP contribution in [0, 0.1) is 6.92 Å². The average molecular weight is 430 g/mol. The molecular formula is C21H24F2N6O2. The summed E-state index contributed by atoms with van der Waals surface area (Å²) in [6.07, 6.45) is 3.58. The van der Waals surface area contributed by atoms with Gasteiger partial charge in [0.1, 0.15) is 11.5 Å². The zero-order chi connectivity index (χ0) is 21.8. The largest absolute Gasteiger partial charge is 0.439 e. The summed E-state index contributed by atoms with van der Waals surface area (Å²) in [7, 11) is 0. The van der Waals surface area contributed by atoms with Gasteiger partial charge in [-0.15, -0.1) is 0 Å². The number of urea groups is 1. The van der Waals surface area contributed by atoms with Gasteiger partial charge in [0.25, 0.3) is 0 Å². The number of nitrogens with zero attached hydrogens (tertiary/aromatic N) is 4. The minimum Gasteiger partial charge on any atom is -0.439 e. The molecule has 1 aliphatic heterocycles. The Morgan fingerprint density at radius 3 is 2.71 bits per heavy atom. The molecule has 0 unspecified atom stereocenters. The number of anilines is 2. The van der Waals surface area contributed by atoms with Crippen LogP contribution in [0.25, 0.3) is 22.4 Å². The van der Waals surface area contributed by atoms with Crippen molar-refractivity contribution in [3.05, 3.63) is 30.4 Å². The van der Waals surface area contributed by atoms with Crippen LogP contribution in [0.15, 0.2) is 28.9 Å². The van der Waals surface area contributed by atoms with Crippen LogP contribution < -0.4 is 10.6 Å². The Morgan fingerprint density at radius 2 is 2.00 bits per heavy atom. The van der Waals surface area contributed by atoms with Gasteiger partial charge in [-0.1, -0.05) is 0 Å². The fraction of sp³-hybridized carbons (Fsp3) is 0.429. The Balaban J connectivity index is 1.64. The summed E-state index contributed by atoms with van der Waals surface area (Å²) in [5, 5.41) is 6.51. The lowest BCUT2D eigenvalue weighted by molar-refractivity contribution is 0.142. The highest BCUT2D eigenvalue weighted by atomic mass is 19.3. The molecule has 4 heterocycles. The quantitative estimate of drug-likeness (QED) is 0.590. The standard InChI is InChI=1S/C21H24F2N6O2/c1-13-25-12-18(31-13)17-9-15(24-6-5-19(22)23)14-11-26-20(10-16(14)27-17)28-21(30)29-7-3-2-4-8-29/h9-12,19H,2-8H2,1H3,(H,24,27)(H,26,28,30). The van der Waals surface area contributed by atoms with Gasteiger partial charge < -0.3 is 14.6 Å². The predicted molar refractivity (Wildman–Crippen MR) is 113 cm³/mol. The summed E-state index contributed by atoms with van der Waals surface area (Å²) in [6, 6.07) is 3.20. The van der Waals surface area contributed by atoms with Crippen molar-refractivity contribution >= 4 is 28.4 Å². The third-order valence-corrected chi connectivity index (χ3v) is 5.12. The molecule has 0 radical (unpaired) electrons. The van der Waals surface area contributed by atoms with Crippen LogP contribution in [0.4, 0.5) is 25.1 Å². The van der Waals surface area contributed by atoms with Crippen molar-refractivity contribution in [2.45, 2.75) is 39.0 Å². The molecule has 164 valence electrons. The number of hydrogen-bond acceptors (Lipinski definition) is 6. The number of oxazole rings is 1. The lowest BCUT2D eigenvalue weighted by atomic mass is 10.1. The molecule has 4 rings (SSSR count). The topological polar surface area (TPSA) is 96.2 Å². The second-order valence-corrected chi connectivity index (χ2v) is 7.47. The van der Waals surface area contributed by atoms with Gasteiger partial charge in [0.05, 0.1) is 11.7 Å². The number of carbonyl (C=O) groups excluding carboxylic acids is 1. The van der Waals surface area contributed by atoms with Crippen molar-refractivity contribution in [3.63, 3.8) is 0 Å². The Labute approximate surface area is 178 Å². The van der Waals surface area contributed by atoms with Gasteiger partial charge in [0.2, 0.25) is 6.43 Å². The number of aryl methyl sites for hydroxylation is 1. The number of aromatic nitrogens is 3. The fourth-order valence-corrected chi connectivity index (χ4v) is 3.54. The lowest BCUT2D eigenvalue weighted by Gasteiger charge is -2.26. The molecule has 10 heteroatoms. The van der Waals surface area contributed by atoms with E-state index in [-0.39, 0.29) is 19.0 Å². The Kier molecular flexibility index (Phi) is 6.24. The van der Waals surface area contributed by atoms with E-state index in [1.165, 1.54) is 0 Å². The maximum Gasteiger partial charge on any atom is 0.323 e. The van der Waals surface area contributed by atoms with Crippen LogP contribution in [-0.4, -0.2) is 51.9 Å². The van der Waals surface area contributed by atoms with Gasteiger partial charge >= 0.3 is 6.03 Å². The molecule has 3 aromatic rings. The molecule has 2 N–H and O–H groups in total. The molecule has 0 spiro atoms. The highest BCUT2D eigenvalue weighted by Crippen LogP contribution is 2.29. The average Bonchev–Trinajstić information content (AvgIpc) is 3.20. The summed E-state index contributed by atoms with van der Waals surface area (Å²) in [5.74, 6) is 1.33. The van der Waals surface area contributed by atoms with E-state index in [9.17, 15) is 13.6 Å². The van der Waals surface area contributed by atoms with E-state index in [4.69, 9.17) is 4.42 Å². The van der Waals surface area contributed by atoms with Gasteiger partial charge in [0, 0.05) is 56.3 Å². The van der Waals surface area contributed by atoms with Crippen LogP contribution in [0.1, 0.15) is 31.6 Å². The molecular weight excluding hydrogens is 406 g/mol. The number of hydrogen-bond donors (Lipinski definition) is 2. The molecule has 0 atom stereocenters. The number of halogens is 2. The van der Waals surface area contributed by atoms with E-state index in [1.807, 2.05) is 0 Å². The van der Waals surface area contributed by atoms with Crippen molar-refractivity contribution < 1.29 is 18.0 Å². The number of likely N-dealkylation sites (tertiary alicyclic amines) is 1. The van der Waals surface area contributed by atoms with Gasteiger partial charge in [0.15, 0.2) is 11.7 Å². The highest BCUT2D eigenvalue weighted by Gasteiger charge is 2.18. The van der Waals surface area contributed by atoms with Crippen LogP contribution in [-0.2, 0) is 0 Å². The smallest absolute Gasteiger partial charge is 0.323 e. The Hall–Kier alpha value is -3.30. The number of alkyl halides is 2. The number of nitrogens with one attached hydrogen (secondary N) is 2. The molecule has 0 saturated carbocycles. The van der Waals surface area contributed by atoms with Gasteiger partial charge in [-0.2, -0.15) is 0 Å². The third-order valence-electron chi connectivity index (χ3n) is 5.12. The third kappa shape index (κ3) is 5.07. The summed E-state index contributed by atoms with van der Waals surface area (Å²) in [5.41, 5.74) is 1.67. The number of pyridine rings is 2. The molecule has 1 fully saturated rings. The Bertz CT molecular complexity index is 1070. The van der Waals surface area contributed by atoms with E-state index < -0.39 is 6.43 Å². The predicted octanol–water partition coefficient (Wildman–Crippen LogP) is 4.68. The van der Waals surface area contributed by atoms with E-state index in [0.29, 0.717) is 39.8 Å². The van der Waals surface area contributed by atoms with E-state index in [1.54, 1.807) is 36.4 Å². The summed E-state index contributed by atoms with van der Waals surface area (Å²) >= 11 is 0. The van der Waals surface area contributed by atoms with Crippen LogP contribution in [0.2, 0.25) is 0 Å². The van der Waals surface area contributed by atoms with Crippen molar-refractivity contribution in [1.29, 1.82) is 0 Å².